The molecule has 0 aliphatic heterocycles. The van der Waals surface area contributed by atoms with Gasteiger partial charge in [-0.25, -0.2) is 9.59 Å². The Morgan fingerprint density at radius 2 is 0.831 bits per heavy atom. The number of carbonyl (C=O) groups excluding carboxylic acids is 2. The summed E-state index contributed by atoms with van der Waals surface area (Å²) in [6.45, 7) is 13.3. The fourth-order valence-corrected chi connectivity index (χ4v) is 10.6. The van der Waals surface area contributed by atoms with Crippen LogP contribution in [-0.4, -0.2) is 29.5 Å². The van der Waals surface area contributed by atoms with Gasteiger partial charge in [-0.2, -0.15) is 0 Å². The normalized spacial score (nSPS) is 21.1. The van der Waals surface area contributed by atoms with Gasteiger partial charge in [0, 0.05) is 21.8 Å². The van der Waals surface area contributed by atoms with Gasteiger partial charge in [-0.15, -0.1) is 0 Å². The van der Waals surface area contributed by atoms with E-state index in [1.165, 1.54) is 12.8 Å². The quantitative estimate of drug-likeness (QED) is 0.109. The Morgan fingerprint density at radius 3 is 1.20 bits per heavy atom. The third-order valence-electron chi connectivity index (χ3n) is 14.2. The van der Waals surface area contributed by atoms with Gasteiger partial charge in [-0.3, -0.25) is 0 Å². The molecular formula is C58H61NO6. The van der Waals surface area contributed by atoms with E-state index in [1.807, 2.05) is 48.5 Å². The van der Waals surface area contributed by atoms with Crippen LogP contribution in [0.4, 0.5) is 9.59 Å². The van der Waals surface area contributed by atoms with E-state index in [2.05, 4.69) is 131 Å². The highest BCUT2D eigenvalue weighted by atomic mass is 16.7. The van der Waals surface area contributed by atoms with Crippen LogP contribution in [0.5, 0.6) is 11.5 Å². The lowest BCUT2D eigenvalue weighted by atomic mass is 9.75. The number of ether oxygens (including phenoxy) is 4. The van der Waals surface area contributed by atoms with E-state index in [0.29, 0.717) is 47.0 Å². The molecule has 1 aromatic heterocycles. The molecule has 6 atom stereocenters. The molecule has 0 saturated heterocycles. The molecule has 2 aliphatic rings. The molecule has 1 N–H and O–H groups in total. The summed E-state index contributed by atoms with van der Waals surface area (Å²) in [7, 11) is 0. The first-order chi connectivity index (χ1) is 31.5. The van der Waals surface area contributed by atoms with E-state index in [-0.39, 0.29) is 12.2 Å². The standard InChI is InChI=1S/C58H61NO6/c1-35(2)45-27-15-37(5)31-55(45)64-57(60)62-43-23-17-39(18-24-43)47-11-7-9-13-49(47)41-21-29-53-51(33-41)52-34-42(22-30-54(52)59-53)50-14-10-8-12-48(50)40-19-25-44(26-20-40)63-58(61)65-56-32-38(6)16-28-46(56)36(3)4/h7-14,17-26,29-30,33-38,45-46,55-56,59H,15-16,27-28,31-32H2,1-6H3. The van der Waals surface area contributed by atoms with Gasteiger partial charge in [0.25, 0.3) is 0 Å². The molecule has 7 aromatic rings. The van der Waals surface area contributed by atoms with Crippen LogP contribution < -0.4 is 9.47 Å². The Hall–Kier alpha value is -6.34. The fourth-order valence-electron chi connectivity index (χ4n) is 10.6. The van der Waals surface area contributed by atoms with Crippen molar-refractivity contribution in [2.24, 2.45) is 35.5 Å². The van der Waals surface area contributed by atoms with Crippen molar-refractivity contribution in [3.05, 3.63) is 133 Å². The zero-order chi connectivity index (χ0) is 45.2. The number of benzene rings is 6. The third-order valence-corrected chi connectivity index (χ3v) is 14.2. The molecule has 9 rings (SSSR count). The highest BCUT2D eigenvalue weighted by Crippen LogP contribution is 2.41. The Morgan fingerprint density at radius 1 is 0.477 bits per heavy atom. The average molecular weight is 868 g/mol. The Kier molecular flexibility index (Phi) is 12.8. The van der Waals surface area contributed by atoms with Crippen molar-refractivity contribution in [3.63, 3.8) is 0 Å². The molecule has 0 bridgehead atoms. The van der Waals surface area contributed by atoms with Gasteiger partial charge in [0.05, 0.1) is 0 Å². The van der Waals surface area contributed by atoms with Gasteiger partial charge < -0.3 is 23.9 Å². The van der Waals surface area contributed by atoms with E-state index in [0.717, 1.165) is 92.0 Å². The molecule has 65 heavy (non-hydrogen) atoms. The Labute approximate surface area is 383 Å². The predicted molar refractivity (Wildman–Crippen MR) is 262 cm³/mol. The minimum Gasteiger partial charge on any atom is -0.430 e. The second kappa shape index (κ2) is 19.0. The number of nitrogens with one attached hydrogen (secondary N) is 1. The summed E-state index contributed by atoms with van der Waals surface area (Å²) in [6.07, 6.45) is 4.73. The van der Waals surface area contributed by atoms with Crippen molar-refractivity contribution in [2.45, 2.75) is 92.3 Å². The lowest BCUT2D eigenvalue weighted by Gasteiger charge is -2.36. The first-order valence-electron chi connectivity index (χ1n) is 23.7. The summed E-state index contributed by atoms with van der Waals surface area (Å²) in [5, 5.41) is 2.27. The van der Waals surface area contributed by atoms with Crippen LogP contribution in [0, 0.1) is 35.5 Å². The van der Waals surface area contributed by atoms with Crippen molar-refractivity contribution in [1.82, 2.24) is 4.98 Å². The largest absolute Gasteiger partial charge is 0.514 e. The van der Waals surface area contributed by atoms with Gasteiger partial charge >= 0.3 is 12.3 Å². The molecule has 7 nitrogen and oxygen atoms in total. The molecular weight excluding hydrogens is 807 g/mol. The Bertz CT molecular complexity index is 2600. The van der Waals surface area contributed by atoms with Gasteiger partial charge in [-0.05, 0) is 154 Å². The lowest BCUT2D eigenvalue weighted by Crippen LogP contribution is -2.36. The van der Waals surface area contributed by atoms with Crippen LogP contribution in [0.1, 0.15) is 80.1 Å². The summed E-state index contributed by atoms with van der Waals surface area (Å²) in [5.74, 6) is 3.59. The fraction of sp³-hybridized carbons (Fsp3) is 0.345. The zero-order valence-electron chi connectivity index (χ0n) is 38.5. The van der Waals surface area contributed by atoms with E-state index in [9.17, 15) is 9.59 Å². The molecule has 7 heteroatoms. The van der Waals surface area contributed by atoms with Crippen LogP contribution in [0.3, 0.4) is 0 Å². The maximum Gasteiger partial charge on any atom is 0.514 e. The first-order valence-corrected chi connectivity index (χ1v) is 23.7. The Balaban J connectivity index is 0.928. The molecule has 0 radical (unpaired) electrons. The molecule has 0 spiro atoms. The van der Waals surface area contributed by atoms with Crippen molar-refractivity contribution in [2.75, 3.05) is 0 Å². The number of H-pyrrole nitrogens is 1. The third kappa shape index (κ3) is 9.71. The van der Waals surface area contributed by atoms with Crippen molar-refractivity contribution >= 4 is 34.1 Å². The van der Waals surface area contributed by atoms with Crippen molar-refractivity contribution in [3.8, 4) is 56.0 Å². The summed E-state index contributed by atoms with van der Waals surface area (Å²) in [5.41, 5.74) is 10.7. The molecule has 0 amide bonds. The second-order valence-electron chi connectivity index (χ2n) is 19.5. The number of hydrogen-bond acceptors (Lipinski definition) is 6. The number of fused-ring (bicyclic) bond motifs is 3. The number of hydrogen-bond donors (Lipinski definition) is 1. The highest BCUT2D eigenvalue weighted by molar-refractivity contribution is 6.10. The second-order valence-corrected chi connectivity index (χ2v) is 19.5. The predicted octanol–water partition coefficient (Wildman–Crippen LogP) is 15.9. The molecule has 6 unspecified atom stereocenters. The van der Waals surface area contributed by atoms with Crippen LogP contribution in [0.15, 0.2) is 133 Å². The van der Waals surface area contributed by atoms with E-state index < -0.39 is 12.3 Å². The summed E-state index contributed by atoms with van der Waals surface area (Å²) < 4.78 is 23.2. The monoisotopic (exact) mass is 867 g/mol. The van der Waals surface area contributed by atoms with Crippen LogP contribution >= 0.6 is 0 Å². The number of aromatic nitrogens is 1. The van der Waals surface area contributed by atoms with E-state index in [1.54, 1.807) is 0 Å². The van der Waals surface area contributed by atoms with Gasteiger partial charge in [0.2, 0.25) is 0 Å². The minimum absolute atomic E-state index is 0.118. The smallest absolute Gasteiger partial charge is 0.430 e. The van der Waals surface area contributed by atoms with Crippen LogP contribution in [0.25, 0.3) is 66.3 Å². The average Bonchev–Trinajstić information content (AvgIpc) is 3.66. The molecule has 2 aliphatic carbocycles. The van der Waals surface area contributed by atoms with Crippen molar-refractivity contribution < 1.29 is 28.5 Å². The summed E-state index contributed by atoms with van der Waals surface area (Å²) in [4.78, 5) is 29.6. The zero-order valence-corrected chi connectivity index (χ0v) is 38.5. The van der Waals surface area contributed by atoms with Gasteiger partial charge in [-0.1, -0.05) is 139 Å². The maximum absolute atomic E-state index is 13.0. The van der Waals surface area contributed by atoms with Crippen LogP contribution in [0.2, 0.25) is 0 Å². The van der Waals surface area contributed by atoms with Gasteiger partial charge in [0.15, 0.2) is 0 Å². The number of rotatable bonds is 10. The topological polar surface area (TPSA) is 86.9 Å². The van der Waals surface area contributed by atoms with E-state index in [4.69, 9.17) is 18.9 Å². The summed E-state index contributed by atoms with van der Waals surface area (Å²) >= 11 is 0. The van der Waals surface area contributed by atoms with E-state index >= 15 is 0 Å². The van der Waals surface area contributed by atoms with Gasteiger partial charge in [0.1, 0.15) is 23.7 Å². The lowest BCUT2D eigenvalue weighted by molar-refractivity contribution is -0.0144. The first kappa shape index (κ1) is 43.9. The molecule has 334 valence electrons. The molecule has 2 fully saturated rings. The number of aromatic amines is 1. The minimum atomic E-state index is -0.634. The maximum atomic E-state index is 13.0. The molecule has 2 saturated carbocycles. The van der Waals surface area contributed by atoms with Crippen molar-refractivity contribution in [1.29, 1.82) is 0 Å². The summed E-state index contributed by atoms with van der Waals surface area (Å²) in [6, 6.07) is 45.4. The molecule has 1 heterocycles. The molecule has 6 aromatic carbocycles. The number of carbonyl (C=O) groups is 2. The SMILES string of the molecule is CC1CCC(C(C)C)C(OC(=O)Oc2ccc(-c3ccccc3-c3ccc4[nH]c5ccc(-c6ccccc6-c6ccc(OC(=O)OC7CC(C)CCC7C(C)C)cc6)cc5c4c3)cc2)C1. The van der Waals surface area contributed by atoms with Crippen LogP contribution in [-0.2, 0) is 9.47 Å². The highest BCUT2D eigenvalue weighted by Gasteiger charge is 2.35.